The molecule has 2 fully saturated rings. The summed E-state index contributed by atoms with van der Waals surface area (Å²) >= 11 is 0. The van der Waals surface area contributed by atoms with Crippen LogP contribution in [0.25, 0.3) is 0 Å². The number of nitrogens with zero attached hydrogens (tertiary/aromatic N) is 1. The van der Waals surface area contributed by atoms with E-state index in [0.717, 1.165) is 17.9 Å². The van der Waals surface area contributed by atoms with Crippen LogP contribution in [0.1, 0.15) is 39.5 Å². The smallest absolute Gasteiger partial charge is 0.0195 e. The Morgan fingerprint density at radius 2 is 1.80 bits per heavy atom. The fourth-order valence-corrected chi connectivity index (χ4v) is 2.97. The van der Waals surface area contributed by atoms with E-state index in [0.29, 0.717) is 0 Å². The molecule has 0 radical (unpaired) electrons. The van der Waals surface area contributed by atoms with Gasteiger partial charge in [0.25, 0.3) is 0 Å². The van der Waals surface area contributed by atoms with Crippen molar-refractivity contribution in [2.24, 2.45) is 11.8 Å². The molecule has 0 aromatic rings. The Labute approximate surface area is 94.4 Å². The molecule has 1 N–H and O–H groups in total. The number of rotatable bonds is 2. The van der Waals surface area contributed by atoms with E-state index in [1.165, 1.54) is 51.9 Å². The Kier molecular flexibility index (Phi) is 4.04. The molecule has 0 spiro atoms. The summed E-state index contributed by atoms with van der Waals surface area (Å²) in [6.45, 7) is 9.95. The maximum Gasteiger partial charge on any atom is 0.0195 e. The molecule has 2 heteroatoms. The van der Waals surface area contributed by atoms with Gasteiger partial charge >= 0.3 is 0 Å². The van der Waals surface area contributed by atoms with Crippen molar-refractivity contribution in [1.29, 1.82) is 0 Å². The predicted molar refractivity (Wildman–Crippen MR) is 65.0 cm³/mol. The van der Waals surface area contributed by atoms with E-state index in [1.807, 2.05) is 0 Å². The van der Waals surface area contributed by atoms with Crippen molar-refractivity contribution in [2.45, 2.75) is 45.6 Å². The predicted octanol–water partition coefficient (Wildman–Crippen LogP) is 2.11. The average molecular weight is 210 g/mol. The molecule has 3 unspecified atom stereocenters. The van der Waals surface area contributed by atoms with Gasteiger partial charge in [0.2, 0.25) is 0 Å². The van der Waals surface area contributed by atoms with Gasteiger partial charge in [-0.05, 0) is 31.2 Å². The highest BCUT2D eigenvalue weighted by Gasteiger charge is 2.27. The fourth-order valence-electron chi connectivity index (χ4n) is 2.97. The summed E-state index contributed by atoms with van der Waals surface area (Å²) in [5, 5.41) is 3.70. The molecule has 0 aliphatic carbocycles. The summed E-state index contributed by atoms with van der Waals surface area (Å²) in [6, 6.07) is 0.769. The van der Waals surface area contributed by atoms with E-state index >= 15 is 0 Å². The van der Waals surface area contributed by atoms with Crippen LogP contribution in [0.3, 0.4) is 0 Å². The van der Waals surface area contributed by atoms with Crippen LogP contribution < -0.4 is 5.32 Å². The molecular weight excluding hydrogens is 184 g/mol. The minimum absolute atomic E-state index is 0.769. The largest absolute Gasteiger partial charge is 0.313 e. The van der Waals surface area contributed by atoms with Gasteiger partial charge in [0.15, 0.2) is 0 Å². The van der Waals surface area contributed by atoms with Gasteiger partial charge in [0.1, 0.15) is 0 Å². The van der Waals surface area contributed by atoms with Gasteiger partial charge in [0.05, 0.1) is 0 Å². The summed E-state index contributed by atoms with van der Waals surface area (Å²) in [6.07, 6.45) is 5.62. The van der Waals surface area contributed by atoms with Crippen LogP contribution in [-0.4, -0.2) is 37.1 Å². The first-order valence-electron chi connectivity index (χ1n) is 6.71. The van der Waals surface area contributed by atoms with Gasteiger partial charge in [-0.1, -0.05) is 26.7 Å². The highest BCUT2D eigenvalue weighted by Crippen LogP contribution is 2.22. The quantitative estimate of drug-likeness (QED) is 0.751. The maximum atomic E-state index is 3.70. The van der Waals surface area contributed by atoms with Gasteiger partial charge in [-0.2, -0.15) is 0 Å². The average Bonchev–Trinajstić information content (AvgIpc) is 2.45. The number of likely N-dealkylation sites (tertiary alicyclic amines) is 1. The molecule has 0 bridgehead atoms. The third-order valence-corrected chi connectivity index (χ3v) is 4.20. The van der Waals surface area contributed by atoms with E-state index < -0.39 is 0 Å². The Morgan fingerprint density at radius 1 is 1.07 bits per heavy atom. The third-order valence-electron chi connectivity index (χ3n) is 4.20. The Morgan fingerprint density at radius 3 is 2.53 bits per heavy atom. The molecular formula is C13H26N2. The Hall–Kier alpha value is -0.0800. The molecule has 2 heterocycles. The van der Waals surface area contributed by atoms with E-state index in [2.05, 4.69) is 24.1 Å². The van der Waals surface area contributed by atoms with Gasteiger partial charge < -0.3 is 10.2 Å². The van der Waals surface area contributed by atoms with Crippen molar-refractivity contribution in [2.75, 3.05) is 26.2 Å². The standard InChI is InChI=1S/C13H26N2/c1-11-8-15(9-12(11)2)10-13-6-4-3-5-7-14-13/h11-14H,3-10H2,1-2H3. The van der Waals surface area contributed by atoms with Crippen molar-refractivity contribution in [3.05, 3.63) is 0 Å². The highest BCUT2D eigenvalue weighted by atomic mass is 15.2. The van der Waals surface area contributed by atoms with Crippen molar-refractivity contribution in [3.8, 4) is 0 Å². The van der Waals surface area contributed by atoms with Crippen LogP contribution in [0, 0.1) is 11.8 Å². The van der Waals surface area contributed by atoms with Crippen molar-refractivity contribution < 1.29 is 0 Å². The maximum absolute atomic E-state index is 3.70. The summed E-state index contributed by atoms with van der Waals surface area (Å²) in [5.41, 5.74) is 0. The Bertz CT molecular complexity index is 175. The summed E-state index contributed by atoms with van der Waals surface area (Å²) in [4.78, 5) is 2.66. The molecule has 0 aromatic heterocycles. The van der Waals surface area contributed by atoms with Crippen LogP contribution in [0.5, 0.6) is 0 Å². The molecule has 0 aromatic carbocycles. The van der Waals surface area contributed by atoms with Gasteiger partial charge in [-0.3, -0.25) is 0 Å². The lowest BCUT2D eigenvalue weighted by atomic mass is 10.0. The molecule has 2 aliphatic rings. The van der Waals surface area contributed by atoms with Gasteiger partial charge in [-0.15, -0.1) is 0 Å². The van der Waals surface area contributed by atoms with Crippen LogP contribution >= 0.6 is 0 Å². The summed E-state index contributed by atoms with van der Waals surface area (Å²) < 4.78 is 0. The first kappa shape index (κ1) is 11.4. The van der Waals surface area contributed by atoms with Crippen LogP contribution in [0.2, 0.25) is 0 Å². The number of nitrogens with one attached hydrogen (secondary N) is 1. The normalized spacial score (nSPS) is 39.2. The van der Waals surface area contributed by atoms with E-state index in [-0.39, 0.29) is 0 Å². The monoisotopic (exact) mass is 210 g/mol. The zero-order valence-corrected chi connectivity index (χ0v) is 10.3. The molecule has 2 saturated heterocycles. The second-order valence-electron chi connectivity index (χ2n) is 5.67. The molecule has 3 atom stereocenters. The van der Waals surface area contributed by atoms with Crippen molar-refractivity contribution >= 4 is 0 Å². The van der Waals surface area contributed by atoms with Crippen molar-refractivity contribution in [3.63, 3.8) is 0 Å². The molecule has 15 heavy (non-hydrogen) atoms. The third kappa shape index (κ3) is 3.18. The van der Waals surface area contributed by atoms with E-state index in [9.17, 15) is 0 Å². The Balaban J connectivity index is 1.76. The van der Waals surface area contributed by atoms with Crippen LogP contribution in [0.4, 0.5) is 0 Å². The molecule has 0 amide bonds. The van der Waals surface area contributed by atoms with E-state index in [1.54, 1.807) is 0 Å². The summed E-state index contributed by atoms with van der Waals surface area (Å²) in [7, 11) is 0. The van der Waals surface area contributed by atoms with Crippen molar-refractivity contribution in [1.82, 2.24) is 10.2 Å². The topological polar surface area (TPSA) is 15.3 Å². The van der Waals surface area contributed by atoms with Crippen LogP contribution in [0.15, 0.2) is 0 Å². The second-order valence-corrected chi connectivity index (χ2v) is 5.67. The highest BCUT2D eigenvalue weighted by molar-refractivity contribution is 4.82. The van der Waals surface area contributed by atoms with Gasteiger partial charge in [0, 0.05) is 25.7 Å². The number of hydrogen-bond acceptors (Lipinski definition) is 2. The minimum atomic E-state index is 0.769. The first-order chi connectivity index (χ1) is 7.25. The minimum Gasteiger partial charge on any atom is -0.313 e. The zero-order valence-electron chi connectivity index (χ0n) is 10.3. The molecule has 88 valence electrons. The fraction of sp³-hybridized carbons (Fsp3) is 1.00. The van der Waals surface area contributed by atoms with Crippen LogP contribution in [-0.2, 0) is 0 Å². The lowest BCUT2D eigenvalue weighted by Gasteiger charge is -2.23. The molecule has 2 rings (SSSR count). The number of hydrogen-bond donors (Lipinski definition) is 1. The lowest BCUT2D eigenvalue weighted by Crippen LogP contribution is -2.39. The molecule has 2 aliphatic heterocycles. The molecule has 0 saturated carbocycles. The first-order valence-corrected chi connectivity index (χ1v) is 6.71. The van der Waals surface area contributed by atoms with E-state index in [4.69, 9.17) is 0 Å². The SMILES string of the molecule is CC1CN(CC2CCCCCN2)CC1C. The molecule has 2 nitrogen and oxygen atoms in total. The lowest BCUT2D eigenvalue weighted by molar-refractivity contribution is 0.276. The van der Waals surface area contributed by atoms with Gasteiger partial charge in [-0.25, -0.2) is 0 Å². The summed E-state index contributed by atoms with van der Waals surface area (Å²) in [5.74, 6) is 1.80. The second kappa shape index (κ2) is 5.31. The zero-order chi connectivity index (χ0) is 10.7.